The number of amides is 1. The van der Waals surface area contributed by atoms with Crippen molar-refractivity contribution in [1.29, 1.82) is 0 Å². The maximum Gasteiger partial charge on any atom is 0.241 e. The fourth-order valence-electron chi connectivity index (χ4n) is 4.07. The molecule has 0 atom stereocenters. The Labute approximate surface area is 161 Å². The molecular weight excluding hydrogens is 336 g/mol. The largest absolute Gasteiger partial charge is 0.490 e. The first kappa shape index (κ1) is 18.1. The standard InChI is InChI=1S/C23H28N2O2/c1-17-7-8-18(2)22(15-17)27-20-10-12-24(13-11-20)16-23(26)25-14-9-19-5-3-4-6-21(19)25/h3-8,15,20H,9-14,16H2,1-2H3. The molecule has 2 heterocycles. The summed E-state index contributed by atoms with van der Waals surface area (Å²) in [6.45, 7) is 7.33. The average molecular weight is 364 g/mol. The third kappa shape index (κ3) is 4.01. The number of hydrogen-bond donors (Lipinski definition) is 0. The van der Waals surface area contributed by atoms with E-state index in [0.717, 1.165) is 50.3 Å². The fraction of sp³-hybridized carbons (Fsp3) is 0.435. The SMILES string of the molecule is Cc1ccc(C)c(OC2CCN(CC(=O)N3CCc4ccccc43)CC2)c1. The van der Waals surface area contributed by atoms with Crippen molar-refractivity contribution >= 4 is 11.6 Å². The molecule has 0 saturated carbocycles. The molecule has 142 valence electrons. The van der Waals surface area contributed by atoms with E-state index in [0.29, 0.717) is 6.54 Å². The minimum atomic E-state index is 0.217. The Morgan fingerprint density at radius 3 is 2.67 bits per heavy atom. The van der Waals surface area contributed by atoms with E-state index in [4.69, 9.17) is 4.74 Å². The molecule has 1 saturated heterocycles. The van der Waals surface area contributed by atoms with Crippen LogP contribution in [0.25, 0.3) is 0 Å². The normalized spacial score (nSPS) is 17.8. The van der Waals surface area contributed by atoms with Gasteiger partial charge in [-0.2, -0.15) is 0 Å². The number of nitrogens with zero attached hydrogens (tertiary/aromatic N) is 2. The van der Waals surface area contributed by atoms with Gasteiger partial charge in [0.2, 0.25) is 5.91 Å². The van der Waals surface area contributed by atoms with Crippen LogP contribution >= 0.6 is 0 Å². The Kier molecular flexibility index (Phi) is 5.17. The second kappa shape index (κ2) is 7.73. The quantitative estimate of drug-likeness (QED) is 0.829. The molecule has 1 amide bonds. The highest BCUT2D eigenvalue weighted by Gasteiger charge is 2.28. The van der Waals surface area contributed by atoms with Gasteiger partial charge in [-0.1, -0.05) is 30.3 Å². The lowest BCUT2D eigenvalue weighted by molar-refractivity contribution is -0.120. The molecule has 4 nitrogen and oxygen atoms in total. The van der Waals surface area contributed by atoms with Crippen molar-refractivity contribution in [3.05, 3.63) is 59.2 Å². The molecule has 2 aromatic rings. The van der Waals surface area contributed by atoms with Crippen molar-refractivity contribution in [2.75, 3.05) is 31.1 Å². The van der Waals surface area contributed by atoms with Gasteiger partial charge >= 0.3 is 0 Å². The summed E-state index contributed by atoms with van der Waals surface area (Å²) in [5.41, 5.74) is 4.79. The minimum absolute atomic E-state index is 0.217. The van der Waals surface area contributed by atoms with Crippen molar-refractivity contribution in [3.63, 3.8) is 0 Å². The lowest BCUT2D eigenvalue weighted by Gasteiger charge is -2.33. The molecule has 0 N–H and O–H groups in total. The van der Waals surface area contributed by atoms with Crippen LogP contribution in [0.3, 0.4) is 0 Å². The fourth-order valence-corrected chi connectivity index (χ4v) is 4.07. The van der Waals surface area contributed by atoms with Crippen LogP contribution in [0.5, 0.6) is 5.75 Å². The summed E-state index contributed by atoms with van der Waals surface area (Å²) in [5, 5.41) is 0. The number of carbonyl (C=O) groups is 1. The van der Waals surface area contributed by atoms with E-state index in [1.807, 2.05) is 17.0 Å². The number of hydrogen-bond acceptors (Lipinski definition) is 3. The second-order valence-electron chi connectivity index (χ2n) is 7.79. The molecule has 0 aromatic heterocycles. The summed E-state index contributed by atoms with van der Waals surface area (Å²) in [5.74, 6) is 1.21. The van der Waals surface area contributed by atoms with E-state index in [2.05, 4.69) is 49.1 Å². The van der Waals surface area contributed by atoms with E-state index in [-0.39, 0.29) is 12.0 Å². The first-order valence-electron chi connectivity index (χ1n) is 9.95. The average Bonchev–Trinajstić information content (AvgIpc) is 3.10. The highest BCUT2D eigenvalue weighted by atomic mass is 16.5. The van der Waals surface area contributed by atoms with Crippen LogP contribution in [-0.4, -0.2) is 43.1 Å². The van der Waals surface area contributed by atoms with Crippen LogP contribution in [0, 0.1) is 13.8 Å². The van der Waals surface area contributed by atoms with Crippen molar-refractivity contribution in [3.8, 4) is 5.75 Å². The monoisotopic (exact) mass is 364 g/mol. The van der Waals surface area contributed by atoms with E-state index >= 15 is 0 Å². The summed E-state index contributed by atoms with van der Waals surface area (Å²) in [6, 6.07) is 14.6. The van der Waals surface area contributed by atoms with Crippen molar-refractivity contribution in [2.45, 2.75) is 39.2 Å². The maximum absolute atomic E-state index is 12.8. The van der Waals surface area contributed by atoms with E-state index in [1.165, 1.54) is 16.7 Å². The number of carbonyl (C=O) groups excluding carboxylic acids is 1. The lowest BCUT2D eigenvalue weighted by atomic mass is 10.1. The molecule has 2 aromatic carbocycles. The zero-order valence-electron chi connectivity index (χ0n) is 16.3. The molecule has 1 fully saturated rings. The third-order valence-electron chi connectivity index (χ3n) is 5.72. The minimum Gasteiger partial charge on any atom is -0.490 e. The van der Waals surface area contributed by atoms with Crippen LogP contribution in [0.4, 0.5) is 5.69 Å². The Balaban J connectivity index is 1.30. The predicted molar refractivity (Wildman–Crippen MR) is 109 cm³/mol. The van der Waals surface area contributed by atoms with Gasteiger partial charge in [0.1, 0.15) is 11.9 Å². The lowest BCUT2D eigenvalue weighted by Crippen LogP contribution is -2.45. The zero-order valence-corrected chi connectivity index (χ0v) is 16.3. The highest BCUT2D eigenvalue weighted by Crippen LogP contribution is 2.28. The smallest absolute Gasteiger partial charge is 0.241 e. The van der Waals surface area contributed by atoms with Crippen LogP contribution in [0.15, 0.2) is 42.5 Å². The second-order valence-corrected chi connectivity index (χ2v) is 7.79. The summed E-state index contributed by atoms with van der Waals surface area (Å²) in [7, 11) is 0. The number of ether oxygens (including phenoxy) is 1. The number of aryl methyl sites for hydroxylation is 2. The van der Waals surface area contributed by atoms with Gasteiger partial charge in [-0.05, 0) is 61.9 Å². The van der Waals surface area contributed by atoms with Gasteiger partial charge in [-0.3, -0.25) is 9.69 Å². The van der Waals surface area contributed by atoms with Crippen molar-refractivity contribution < 1.29 is 9.53 Å². The number of anilines is 1. The molecular formula is C23H28N2O2. The molecule has 27 heavy (non-hydrogen) atoms. The first-order valence-corrected chi connectivity index (χ1v) is 9.95. The Morgan fingerprint density at radius 2 is 1.85 bits per heavy atom. The number of fused-ring (bicyclic) bond motifs is 1. The summed E-state index contributed by atoms with van der Waals surface area (Å²) >= 11 is 0. The van der Waals surface area contributed by atoms with E-state index in [1.54, 1.807) is 0 Å². The molecule has 0 bridgehead atoms. The highest BCUT2D eigenvalue weighted by molar-refractivity contribution is 5.96. The van der Waals surface area contributed by atoms with Crippen LogP contribution in [0.2, 0.25) is 0 Å². The topological polar surface area (TPSA) is 32.8 Å². The summed E-state index contributed by atoms with van der Waals surface area (Å²) in [6.07, 6.45) is 3.15. The Hall–Kier alpha value is -2.33. The van der Waals surface area contributed by atoms with E-state index in [9.17, 15) is 4.79 Å². The zero-order chi connectivity index (χ0) is 18.8. The third-order valence-corrected chi connectivity index (χ3v) is 5.72. The van der Waals surface area contributed by atoms with Crippen molar-refractivity contribution in [1.82, 2.24) is 4.90 Å². The Morgan fingerprint density at radius 1 is 1.07 bits per heavy atom. The number of likely N-dealkylation sites (tertiary alicyclic amines) is 1. The van der Waals surface area contributed by atoms with Gasteiger partial charge in [0, 0.05) is 25.3 Å². The molecule has 2 aliphatic heterocycles. The molecule has 0 unspecified atom stereocenters. The number of benzene rings is 2. The van der Waals surface area contributed by atoms with Gasteiger partial charge in [0.25, 0.3) is 0 Å². The van der Waals surface area contributed by atoms with Gasteiger partial charge < -0.3 is 9.64 Å². The molecule has 2 aliphatic rings. The maximum atomic E-state index is 12.8. The van der Waals surface area contributed by atoms with Crippen LogP contribution < -0.4 is 9.64 Å². The van der Waals surface area contributed by atoms with Gasteiger partial charge in [-0.25, -0.2) is 0 Å². The summed E-state index contributed by atoms with van der Waals surface area (Å²) in [4.78, 5) is 17.0. The molecule has 0 spiro atoms. The molecule has 4 heteroatoms. The predicted octanol–water partition coefficient (Wildman–Crippen LogP) is 3.74. The van der Waals surface area contributed by atoms with Gasteiger partial charge in [0.15, 0.2) is 0 Å². The van der Waals surface area contributed by atoms with Gasteiger partial charge in [0.05, 0.1) is 6.54 Å². The van der Waals surface area contributed by atoms with Gasteiger partial charge in [-0.15, -0.1) is 0 Å². The molecule has 4 rings (SSSR count). The summed E-state index contributed by atoms with van der Waals surface area (Å²) < 4.78 is 6.24. The van der Waals surface area contributed by atoms with Crippen molar-refractivity contribution in [2.24, 2.45) is 0 Å². The first-order chi connectivity index (χ1) is 13.1. The van der Waals surface area contributed by atoms with Crippen LogP contribution in [-0.2, 0) is 11.2 Å². The van der Waals surface area contributed by atoms with Crippen LogP contribution in [0.1, 0.15) is 29.5 Å². The number of rotatable bonds is 4. The molecule has 0 aliphatic carbocycles. The number of para-hydroxylation sites is 1. The number of piperidine rings is 1. The van der Waals surface area contributed by atoms with E-state index < -0.39 is 0 Å². The Bertz CT molecular complexity index is 825. The molecule has 0 radical (unpaired) electrons.